The molecule has 0 bridgehead atoms. The van der Waals surface area contributed by atoms with Crippen molar-refractivity contribution >= 4 is 11.8 Å². The maximum atomic E-state index is 5.49. The Balaban J connectivity index is 1.33. The molecule has 0 atom stereocenters. The largest absolute Gasteiger partial charge is 0.454 e. The van der Waals surface area contributed by atoms with E-state index in [1.54, 1.807) is 11.8 Å². The molecule has 0 fully saturated rings. The van der Waals surface area contributed by atoms with E-state index in [2.05, 4.69) is 27.0 Å². The number of hydrogen-bond donors (Lipinski definition) is 0. The minimum Gasteiger partial charge on any atom is -0.454 e. The van der Waals surface area contributed by atoms with Crippen LogP contribution < -0.4 is 9.47 Å². The lowest BCUT2D eigenvalue weighted by molar-refractivity contribution is 0.174. The van der Waals surface area contributed by atoms with Crippen molar-refractivity contribution in [3.05, 3.63) is 59.5 Å². The second-order valence-electron chi connectivity index (χ2n) is 6.87. The Bertz CT molecular complexity index is 1030. The Labute approximate surface area is 167 Å². The first-order valence-electron chi connectivity index (χ1n) is 9.25. The van der Waals surface area contributed by atoms with Crippen molar-refractivity contribution in [2.75, 3.05) is 19.6 Å². The fourth-order valence-corrected chi connectivity index (χ4v) is 3.96. The standard InChI is InChI=1S/C21H20N4O2S/c1-28-21-22-10-15-11-25(8-7-18(15)24-21)12-16-3-2-4-17(23-16)14-5-6-19-20(9-14)27-13-26-19/h2-6,9-10H,7-8,11-13H2,1H3. The summed E-state index contributed by atoms with van der Waals surface area (Å²) in [4.78, 5) is 16.3. The van der Waals surface area contributed by atoms with Gasteiger partial charge in [-0.3, -0.25) is 9.88 Å². The Morgan fingerprint density at radius 3 is 2.96 bits per heavy atom. The summed E-state index contributed by atoms with van der Waals surface area (Å²) in [7, 11) is 0. The molecular formula is C21H20N4O2S. The van der Waals surface area contributed by atoms with E-state index in [-0.39, 0.29) is 6.79 Å². The van der Waals surface area contributed by atoms with E-state index in [1.165, 1.54) is 11.3 Å². The van der Waals surface area contributed by atoms with Crippen molar-refractivity contribution in [3.8, 4) is 22.8 Å². The van der Waals surface area contributed by atoms with Gasteiger partial charge in [-0.15, -0.1) is 0 Å². The Morgan fingerprint density at radius 1 is 1.11 bits per heavy atom. The first-order valence-corrected chi connectivity index (χ1v) is 10.5. The predicted molar refractivity (Wildman–Crippen MR) is 107 cm³/mol. The topological polar surface area (TPSA) is 60.4 Å². The van der Waals surface area contributed by atoms with Gasteiger partial charge in [0.25, 0.3) is 0 Å². The number of aromatic nitrogens is 3. The summed E-state index contributed by atoms with van der Waals surface area (Å²) in [6.07, 6.45) is 4.93. The molecular weight excluding hydrogens is 372 g/mol. The monoisotopic (exact) mass is 392 g/mol. The number of nitrogens with zero attached hydrogens (tertiary/aromatic N) is 4. The highest BCUT2D eigenvalue weighted by atomic mass is 32.2. The molecule has 2 aliphatic heterocycles. The second-order valence-corrected chi connectivity index (χ2v) is 7.64. The van der Waals surface area contributed by atoms with Crippen molar-refractivity contribution in [2.24, 2.45) is 0 Å². The fraction of sp³-hybridized carbons (Fsp3) is 0.286. The van der Waals surface area contributed by atoms with Gasteiger partial charge >= 0.3 is 0 Å². The predicted octanol–water partition coefficient (Wildman–Crippen LogP) is 3.55. The van der Waals surface area contributed by atoms with Crippen LogP contribution in [-0.4, -0.2) is 39.4 Å². The molecule has 0 N–H and O–H groups in total. The molecule has 3 aromatic rings. The maximum absolute atomic E-state index is 5.49. The molecule has 6 nitrogen and oxygen atoms in total. The zero-order valence-electron chi connectivity index (χ0n) is 15.6. The van der Waals surface area contributed by atoms with Gasteiger partial charge in [-0.05, 0) is 36.6 Å². The van der Waals surface area contributed by atoms with Crippen LogP contribution in [0, 0.1) is 0 Å². The molecule has 4 heterocycles. The van der Waals surface area contributed by atoms with Gasteiger partial charge in [0.1, 0.15) is 0 Å². The zero-order chi connectivity index (χ0) is 18.9. The minimum atomic E-state index is 0.283. The van der Waals surface area contributed by atoms with Gasteiger partial charge in [0, 0.05) is 43.4 Å². The van der Waals surface area contributed by atoms with Crippen LogP contribution in [0.3, 0.4) is 0 Å². The third-order valence-corrected chi connectivity index (χ3v) is 5.60. The van der Waals surface area contributed by atoms with E-state index in [0.29, 0.717) is 0 Å². The van der Waals surface area contributed by atoms with Crippen LogP contribution in [0.4, 0.5) is 0 Å². The molecule has 0 unspecified atom stereocenters. The molecule has 0 saturated carbocycles. The van der Waals surface area contributed by atoms with E-state index in [0.717, 1.165) is 59.7 Å². The second kappa shape index (κ2) is 7.41. The lowest BCUT2D eigenvalue weighted by atomic mass is 10.1. The summed E-state index contributed by atoms with van der Waals surface area (Å²) in [6.45, 7) is 2.93. The lowest BCUT2D eigenvalue weighted by Gasteiger charge is -2.27. The van der Waals surface area contributed by atoms with Crippen LogP contribution in [0.25, 0.3) is 11.3 Å². The molecule has 1 aromatic carbocycles. The van der Waals surface area contributed by atoms with Crippen LogP contribution in [-0.2, 0) is 19.5 Å². The Hall–Kier alpha value is -2.64. The molecule has 2 aliphatic rings. The molecule has 7 heteroatoms. The number of rotatable bonds is 4. The van der Waals surface area contributed by atoms with Crippen LogP contribution in [0.15, 0.2) is 47.8 Å². The third kappa shape index (κ3) is 3.43. The van der Waals surface area contributed by atoms with Gasteiger partial charge in [-0.1, -0.05) is 17.8 Å². The Morgan fingerprint density at radius 2 is 2.04 bits per heavy atom. The lowest BCUT2D eigenvalue weighted by Crippen LogP contribution is -2.31. The zero-order valence-corrected chi connectivity index (χ0v) is 16.4. The van der Waals surface area contributed by atoms with Crippen molar-refractivity contribution in [3.63, 3.8) is 0 Å². The van der Waals surface area contributed by atoms with Crippen molar-refractivity contribution in [2.45, 2.75) is 24.7 Å². The number of fused-ring (bicyclic) bond motifs is 2. The molecule has 0 aliphatic carbocycles. The van der Waals surface area contributed by atoms with Gasteiger partial charge in [0.05, 0.1) is 17.1 Å². The minimum absolute atomic E-state index is 0.283. The first kappa shape index (κ1) is 17.5. The summed E-state index contributed by atoms with van der Waals surface area (Å²) < 4.78 is 10.9. The number of pyridine rings is 1. The highest BCUT2D eigenvalue weighted by Crippen LogP contribution is 2.35. The number of ether oxygens (including phenoxy) is 2. The average molecular weight is 392 g/mol. The third-order valence-electron chi connectivity index (χ3n) is 5.03. The summed E-state index contributed by atoms with van der Waals surface area (Å²) in [5, 5.41) is 0.852. The van der Waals surface area contributed by atoms with E-state index >= 15 is 0 Å². The number of benzene rings is 1. The molecule has 5 rings (SSSR count). The van der Waals surface area contributed by atoms with Gasteiger partial charge in [0.15, 0.2) is 16.7 Å². The molecule has 0 spiro atoms. The van der Waals surface area contributed by atoms with Crippen LogP contribution in [0.5, 0.6) is 11.5 Å². The summed E-state index contributed by atoms with van der Waals surface area (Å²) >= 11 is 1.59. The Kier molecular flexibility index (Phi) is 4.62. The van der Waals surface area contributed by atoms with Crippen LogP contribution in [0.2, 0.25) is 0 Å². The number of thioether (sulfide) groups is 1. The SMILES string of the molecule is CSc1ncc2c(n1)CCN(Cc1cccc(-c3ccc4c(c3)OCO4)n1)C2. The van der Waals surface area contributed by atoms with E-state index < -0.39 is 0 Å². The molecule has 2 aromatic heterocycles. The first-order chi connectivity index (χ1) is 13.8. The van der Waals surface area contributed by atoms with Gasteiger partial charge in [-0.2, -0.15) is 0 Å². The van der Waals surface area contributed by atoms with Crippen molar-refractivity contribution in [1.82, 2.24) is 19.9 Å². The van der Waals surface area contributed by atoms with Gasteiger partial charge in [0.2, 0.25) is 6.79 Å². The van der Waals surface area contributed by atoms with E-state index in [1.807, 2.05) is 36.7 Å². The number of hydrogen-bond acceptors (Lipinski definition) is 7. The maximum Gasteiger partial charge on any atom is 0.231 e. The van der Waals surface area contributed by atoms with Gasteiger partial charge < -0.3 is 9.47 Å². The molecule has 142 valence electrons. The fourth-order valence-electron chi connectivity index (χ4n) is 3.60. The molecule has 0 amide bonds. The molecule has 0 radical (unpaired) electrons. The van der Waals surface area contributed by atoms with Gasteiger partial charge in [-0.25, -0.2) is 9.97 Å². The summed E-state index contributed by atoms with van der Waals surface area (Å²) in [5.74, 6) is 1.57. The van der Waals surface area contributed by atoms with Crippen LogP contribution in [0.1, 0.15) is 17.0 Å². The average Bonchev–Trinajstić information content (AvgIpc) is 3.21. The summed E-state index contributed by atoms with van der Waals surface area (Å²) in [6, 6.07) is 12.1. The van der Waals surface area contributed by atoms with E-state index in [9.17, 15) is 0 Å². The van der Waals surface area contributed by atoms with Crippen molar-refractivity contribution in [1.29, 1.82) is 0 Å². The smallest absolute Gasteiger partial charge is 0.231 e. The van der Waals surface area contributed by atoms with E-state index in [4.69, 9.17) is 14.5 Å². The van der Waals surface area contributed by atoms with Crippen LogP contribution >= 0.6 is 11.8 Å². The quantitative estimate of drug-likeness (QED) is 0.497. The molecule has 0 saturated heterocycles. The highest BCUT2D eigenvalue weighted by molar-refractivity contribution is 7.98. The van der Waals surface area contributed by atoms with Crippen molar-refractivity contribution < 1.29 is 9.47 Å². The molecule has 28 heavy (non-hydrogen) atoms. The summed E-state index contributed by atoms with van der Waals surface area (Å²) in [5.41, 5.74) is 5.43. The highest BCUT2D eigenvalue weighted by Gasteiger charge is 2.19. The normalized spacial score (nSPS) is 15.5.